The van der Waals surface area contributed by atoms with Crippen LogP contribution in [0.1, 0.15) is 10.4 Å². The second kappa shape index (κ2) is 4.45. The minimum Gasteiger partial charge on any atom is -0.478 e. The van der Waals surface area contributed by atoms with E-state index < -0.39 is 5.97 Å². The molecule has 2 aromatic rings. The monoisotopic (exact) mass is 272 g/mol. The third-order valence-corrected chi connectivity index (χ3v) is 3.61. The number of carboxylic acid groups (broad SMARTS) is 1. The van der Waals surface area contributed by atoms with Crippen molar-refractivity contribution in [1.82, 2.24) is 0 Å². The second-order valence-corrected chi connectivity index (χ2v) is 4.69. The maximum absolute atomic E-state index is 11.0. The fourth-order valence-electron chi connectivity index (χ4n) is 1.35. The first kappa shape index (κ1) is 11.5. The molecule has 0 spiro atoms. The van der Waals surface area contributed by atoms with Gasteiger partial charge in [-0.05, 0) is 23.1 Å². The van der Waals surface area contributed by atoms with E-state index in [1.165, 1.54) is 11.3 Å². The third-order valence-electron chi connectivity index (χ3n) is 2.12. The number of hydrogen-bond acceptors (Lipinski definition) is 2. The second-order valence-electron chi connectivity index (χ2n) is 3.13. The van der Waals surface area contributed by atoms with Crippen molar-refractivity contribution in [2.24, 2.45) is 0 Å². The number of thiophene rings is 1. The molecular weight excluding hydrogens is 267 g/mol. The average Bonchev–Trinajstić information content (AvgIpc) is 2.71. The summed E-state index contributed by atoms with van der Waals surface area (Å²) >= 11 is 13.0. The molecule has 0 fully saturated rings. The maximum atomic E-state index is 11.0. The van der Waals surface area contributed by atoms with E-state index in [1.807, 2.05) is 0 Å². The van der Waals surface area contributed by atoms with Crippen LogP contribution in [0.15, 0.2) is 29.0 Å². The number of hydrogen-bond donors (Lipinski definition) is 1. The lowest BCUT2D eigenvalue weighted by Gasteiger charge is -2.02. The van der Waals surface area contributed by atoms with Crippen molar-refractivity contribution in [3.05, 3.63) is 44.6 Å². The van der Waals surface area contributed by atoms with Crippen LogP contribution < -0.4 is 0 Å². The summed E-state index contributed by atoms with van der Waals surface area (Å²) in [4.78, 5) is 11.0. The van der Waals surface area contributed by atoms with Gasteiger partial charge < -0.3 is 5.11 Å². The van der Waals surface area contributed by atoms with Gasteiger partial charge in [0.1, 0.15) is 0 Å². The van der Waals surface area contributed by atoms with Gasteiger partial charge in [0.25, 0.3) is 0 Å². The molecule has 16 heavy (non-hydrogen) atoms. The Bertz CT molecular complexity index is 549. The summed E-state index contributed by atoms with van der Waals surface area (Å²) in [6.45, 7) is 0. The molecule has 0 aliphatic carbocycles. The highest BCUT2D eigenvalue weighted by Crippen LogP contribution is 2.32. The highest BCUT2D eigenvalue weighted by Gasteiger charge is 2.13. The molecule has 0 saturated heterocycles. The van der Waals surface area contributed by atoms with Gasteiger partial charge >= 0.3 is 5.97 Å². The van der Waals surface area contributed by atoms with E-state index in [0.717, 1.165) is 5.56 Å². The Labute approximate surface area is 106 Å². The van der Waals surface area contributed by atoms with Crippen LogP contribution in [0.5, 0.6) is 0 Å². The topological polar surface area (TPSA) is 37.3 Å². The van der Waals surface area contributed by atoms with Crippen LogP contribution >= 0.6 is 34.5 Å². The zero-order valence-electron chi connectivity index (χ0n) is 7.91. The van der Waals surface area contributed by atoms with Crippen LogP contribution in [-0.2, 0) is 0 Å². The van der Waals surface area contributed by atoms with E-state index >= 15 is 0 Å². The van der Waals surface area contributed by atoms with Gasteiger partial charge in [0.2, 0.25) is 0 Å². The Morgan fingerprint density at radius 2 is 1.94 bits per heavy atom. The minimum atomic E-state index is -0.942. The molecule has 0 aliphatic rings. The summed E-state index contributed by atoms with van der Waals surface area (Å²) in [5.74, 6) is -0.942. The number of rotatable bonds is 2. The number of aromatic carboxylic acids is 1. The summed E-state index contributed by atoms with van der Waals surface area (Å²) in [6.07, 6.45) is 0. The summed E-state index contributed by atoms with van der Waals surface area (Å²) in [5, 5.41) is 13.2. The summed E-state index contributed by atoms with van der Waals surface area (Å²) in [5.41, 5.74) is 1.70. The Hall–Kier alpha value is -1.03. The number of carbonyl (C=O) groups is 1. The smallest absolute Gasteiger partial charge is 0.337 e. The molecule has 0 radical (unpaired) electrons. The molecule has 1 N–H and O–H groups in total. The zero-order valence-corrected chi connectivity index (χ0v) is 10.2. The first-order chi connectivity index (χ1) is 7.59. The van der Waals surface area contributed by atoms with Gasteiger partial charge in [-0.15, -0.1) is 0 Å². The van der Waals surface area contributed by atoms with Gasteiger partial charge in [0.15, 0.2) is 0 Å². The van der Waals surface area contributed by atoms with Gasteiger partial charge in [0, 0.05) is 10.9 Å². The Morgan fingerprint density at radius 1 is 1.19 bits per heavy atom. The fourth-order valence-corrected chi connectivity index (χ4v) is 2.48. The SMILES string of the molecule is O=C(O)c1cscc1-c1ccc(Cl)c(Cl)c1. The molecule has 82 valence electrons. The van der Waals surface area contributed by atoms with Gasteiger partial charge in [-0.1, -0.05) is 29.3 Å². The molecule has 2 nitrogen and oxygen atoms in total. The van der Waals surface area contributed by atoms with Gasteiger partial charge in [0.05, 0.1) is 15.6 Å². The van der Waals surface area contributed by atoms with Gasteiger partial charge in [-0.25, -0.2) is 4.79 Å². The fraction of sp³-hybridized carbons (Fsp3) is 0. The van der Waals surface area contributed by atoms with Crippen LogP contribution in [0.25, 0.3) is 11.1 Å². The Balaban J connectivity index is 2.54. The van der Waals surface area contributed by atoms with Crippen molar-refractivity contribution in [2.45, 2.75) is 0 Å². The molecule has 0 unspecified atom stereocenters. The van der Waals surface area contributed by atoms with E-state index in [1.54, 1.807) is 29.0 Å². The molecule has 1 heterocycles. The lowest BCUT2D eigenvalue weighted by Crippen LogP contribution is -1.95. The lowest BCUT2D eigenvalue weighted by molar-refractivity contribution is 0.0698. The molecule has 0 amide bonds. The van der Waals surface area contributed by atoms with E-state index in [9.17, 15) is 4.79 Å². The summed E-state index contributed by atoms with van der Waals surface area (Å²) in [6, 6.07) is 5.07. The average molecular weight is 273 g/mol. The van der Waals surface area contributed by atoms with E-state index in [2.05, 4.69) is 0 Å². The van der Waals surface area contributed by atoms with Crippen LogP contribution in [-0.4, -0.2) is 11.1 Å². The molecule has 1 aromatic heterocycles. The molecule has 2 rings (SSSR count). The maximum Gasteiger partial charge on any atom is 0.337 e. The third kappa shape index (κ3) is 2.07. The molecule has 0 aliphatic heterocycles. The van der Waals surface area contributed by atoms with Crippen LogP contribution in [0.2, 0.25) is 10.0 Å². The Kier molecular flexibility index (Phi) is 3.19. The highest BCUT2D eigenvalue weighted by molar-refractivity contribution is 7.08. The van der Waals surface area contributed by atoms with Crippen molar-refractivity contribution >= 4 is 40.5 Å². The van der Waals surface area contributed by atoms with Crippen LogP contribution in [0, 0.1) is 0 Å². The number of benzene rings is 1. The molecular formula is C11H6Cl2O2S. The van der Waals surface area contributed by atoms with Crippen molar-refractivity contribution in [3.8, 4) is 11.1 Å². The first-order valence-electron chi connectivity index (χ1n) is 4.34. The summed E-state index contributed by atoms with van der Waals surface area (Å²) in [7, 11) is 0. The Morgan fingerprint density at radius 3 is 2.56 bits per heavy atom. The normalized spacial score (nSPS) is 10.4. The first-order valence-corrected chi connectivity index (χ1v) is 6.04. The van der Waals surface area contributed by atoms with Gasteiger partial charge in [-0.3, -0.25) is 0 Å². The van der Waals surface area contributed by atoms with E-state index in [0.29, 0.717) is 15.6 Å². The van der Waals surface area contributed by atoms with Crippen LogP contribution in [0.4, 0.5) is 0 Å². The summed E-state index contributed by atoms with van der Waals surface area (Å²) < 4.78 is 0. The molecule has 0 atom stereocenters. The molecule has 0 bridgehead atoms. The van der Waals surface area contributed by atoms with Crippen molar-refractivity contribution in [1.29, 1.82) is 0 Å². The largest absolute Gasteiger partial charge is 0.478 e. The minimum absolute atomic E-state index is 0.281. The standard InChI is InChI=1S/C11H6Cl2O2S/c12-9-2-1-6(3-10(9)13)7-4-16-5-8(7)11(14)15/h1-5H,(H,14,15). The van der Waals surface area contributed by atoms with Crippen molar-refractivity contribution in [3.63, 3.8) is 0 Å². The van der Waals surface area contributed by atoms with Crippen molar-refractivity contribution < 1.29 is 9.90 Å². The van der Waals surface area contributed by atoms with E-state index in [4.69, 9.17) is 28.3 Å². The quantitative estimate of drug-likeness (QED) is 0.879. The number of carboxylic acids is 1. The number of halogens is 2. The van der Waals surface area contributed by atoms with Gasteiger partial charge in [-0.2, -0.15) is 11.3 Å². The lowest BCUT2D eigenvalue weighted by atomic mass is 10.1. The molecule has 1 aromatic carbocycles. The highest BCUT2D eigenvalue weighted by atomic mass is 35.5. The predicted molar refractivity (Wildman–Crippen MR) is 66.7 cm³/mol. The predicted octanol–water partition coefficient (Wildman–Crippen LogP) is 4.42. The van der Waals surface area contributed by atoms with Crippen LogP contribution in [0.3, 0.4) is 0 Å². The molecule has 0 saturated carbocycles. The molecule has 5 heteroatoms. The van der Waals surface area contributed by atoms with E-state index in [-0.39, 0.29) is 5.56 Å². The zero-order chi connectivity index (χ0) is 11.7. The van der Waals surface area contributed by atoms with Crippen molar-refractivity contribution in [2.75, 3.05) is 0 Å².